The number of phenolic OH excluding ortho intramolecular Hbond substituents is 1. The van der Waals surface area contributed by atoms with Gasteiger partial charge in [-0.05, 0) is 42.7 Å². The number of halogens is 1. The minimum atomic E-state index is 0. The fourth-order valence-electron chi connectivity index (χ4n) is 2.25. The van der Waals surface area contributed by atoms with E-state index in [1.54, 1.807) is 12.1 Å². The van der Waals surface area contributed by atoms with Crippen molar-refractivity contribution in [2.75, 3.05) is 19.8 Å². The van der Waals surface area contributed by atoms with Crippen LogP contribution in [-0.2, 0) is 4.74 Å². The molecule has 1 atom stereocenters. The summed E-state index contributed by atoms with van der Waals surface area (Å²) < 4.78 is 5.45. The lowest BCUT2D eigenvalue weighted by Crippen LogP contribution is -2.35. The Morgan fingerprint density at radius 1 is 1.31 bits per heavy atom. The van der Waals surface area contributed by atoms with E-state index in [4.69, 9.17) is 4.74 Å². The molecule has 0 unspecified atom stereocenters. The minimum Gasteiger partial charge on any atom is -0.508 e. The summed E-state index contributed by atoms with van der Waals surface area (Å²) in [6.07, 6.45) is 0. The van der Waals surface area contributed by atoms with E-state index in [1.165, 1.54) is 5.56 Å². The number of aryl methyl sites for hydroxylation is 2. The molecule has 0 saturated carbocycles. The molecule has 1 aliphatic rings. The van der Waals surface area contributed by atoms with E-state index in [0.29, 0.717) is 12.4 Å². The summed E-state index contributed by atoms with van der Waals surface area (Å²) in [6, 6.07) is 3.87. The van der Waals surface area contributed by atoms with Crippen molar-refractivity contribution >= 4 is 12.4 Å². The van der Waals surface area contributed by atoms with Crippen LogP contribution in [0.25, 0.3) is 0 Å². The average molecular weight is 244 g/mol. The lowest BCUT2D eigenvalue weighted by atomic mass is 9.95. The first kappa shape index (κ1) is 13.3. The van der Waals surface area contributed by atoms with Crippen LogP contribution >= 0.6 is 12.4 Å². The summed E-state index contributed by atoms with van der Waals surface area (Å²) in [5, 5.41) is 12.9. The third-order valence-electron chi connectivity index (χ3n) is 2.85. The molecule has 0 bridgehead atoms. The largest absolute Gasteiger partial charge is 0.508 e. The van der Waals surface area contributed by atoms with E-state index in [9.17, 15) is 5.11 Å². The van der Waals surface area contributed by atoms with Crippen molar-refractivity contribution < 1.29 is 9.84 Å². The van der Waals surface area contributed by atoms with Crippen LogP contribution < -0.4 is 5.32 Å². The van der Waals surface area contributed by atoms with Crippen LogP contribution in [0.3, 0.4) is 0 Å². The second-order valence-corrected chi connectivity index (χ2v) is 4.07. The highest BCUT2D eigenvalue weighted by Gasteiger charge is 2.19. The van der Waals surface area contributed by atoms with Crippen molar-refractivity contribution in [3.05, 3.63) is 28.8 Å². The number of hydrogen-bond donors (Lipinski definition) is 2. The van der Waals surface area contributed by atoms with Crippen LogP contribution in [0.2, 0.25) is 0 Å². The SMILES string of the molecule is Cc1cc(O)cc(C)c1[C@H]1COCCN1.Cl. The molecule has 1 saturated heterocycles. The van der Waals surface area contributed by atoms with Crippen molar-refractivity contribution in [2.24, 2.45) is 0 Å². The maximum absolute atomic E-state index is 9.47. The van der Waals surface area contributed by atoms with Crippen LogP contribution in [0.1, 0.15) is 22.7 Å². The third kappa shape index (κ3) is 2.67. The molecule has 0 amide bonds. The fourth-order valence-corrected chi connectivity index (χ4v) is 2.25. The smallest absolute Gasteiger partial charge is 0.116 e. The highest BCUT2D eigenvalue weighted by Crippen LogP contribution is 2.27. The van der Waals surface area contributed by atoms with Gasteiger partial charge in [-0.3, -0.25) is 0 Å². The second kappa shape index (κ2) is 5.53. The molecule has 16 heavy (non-hydrogen) atoms. The van der Waals surface area contributed by atoms with Crippen LogP contribution in [0, 0.1) is 13.8 Å². The number of aromatic hydroxyl groups is 1. The number of hydrogen-bond acceptors (Lipinski definition) is 3. The van der Waals surface area contributed by atoms with Gasteiger partial charge in [-0.2, -0.15) is 0 Å². The minimum absolute atomic E-state index is 0. The third-order valence-corrected chi connectivity index (χ3v) is 2.85. The molecular formula is C12H18ClNO2. The van der Waals surface area contributed by atoms with Crippen LogP contribution in [0.15, 0.2) is 12.1 Å². The maximum Gasteiger partial charge on any atom is 0.116 e. The number of rotatable bonds is 1. The Hall–Kier alpha value is -0.770. The first-order valence-corrected chi connectivity index (χ1v) is 5.29. The van der Waals surface area contributed by atoms with Gasteiger partial charge in [-0.15, -0.1) is 12.4 Å². The van der Waals surface area contributed by atoms with Crippen LogP contribution in [0.4, 0.5) is 0 Å². The van der Waals surface area contributed by atoms with Crippen molar-refractivity contribution in [2.45, 2.75) is 19.9 Å². The number of ether oxygens (including phenoxy) is 1. The molecule has 4 heteroatoms. The van der Waals surface area contributed by atoms with Gasteiger partial charge in [-0.1, -0.05) is 0 Å². The Bertz CT molecular complexity index is 339. The van der Waals surface area contributed by atoms with Gasteiger partial charge in [0, 0.05) is 6.54 Å². The van der Waals surface area contributed by atoms with Gasteiger partial charge in [0.1, 0.15) is 5.75 Å². The maximum atomic E-state index is 9.47. The van der Waals surface area contributed by atoms with Gasteiger partial charge in [0.25, 0.3) is 0 Å². The molecule has 1 fully saturated rings. The number of morpholine rings is 1. The van der Waals surface area contributed by atoms with Crippen LogP contribution in [-0.4, -0.2) is 24.9 Å². The predicted molar refractivity (Wildman–Crippen MR) is 66.4 cm³/mol. The van der Waals surface area contributed by atoms with Crippen molar-refractivity contribution in [3.8, 4) is 5.75 Å². The van der Waals surface area contributed by atoms with Gasteiger partial charge >= 0.3 is 0 Å². The first-order chi connectivity index (χ1) is 7.18. The summed E-state index contributed by atoms with van der Waals surface area (Å²) in [6.45, 7) is 6.44. The van der Waals surface area contributed by atoms with Crippen molar-refractivity contribution in [3.63, 3.8) is 0 Å². The van der Waals surface area contributed by atoms with Gasteiger partial charge < -0.3 is 15.2 Å². The Labute approximate surface area is 102 Å². The molecule has 3 nitrogen and oxygen atoms in total. The lowest BCUT2D eigenvalue weighted by molar-refractivity contribution is 0.0765. The van der Waals surface area contributed by atoms with Gasteiger partial charge in [0.15, 0.2) is 0 Å². The Kier molecular flexibility index (Phi) is 4.59. The average Bonchev–Trinajstić information content (AvgIpc) is 2.17. The van der Waals surface area contributed by atoms with E-state index < -0.39 is 0 Å². The van der Waals surface area contributed by atoms with Gasteiger partial charge in [-0.25, -0.2) is 0 Å². The fraction of sp³-hybridized carbons (Fsp3) is 0.500. The summed E-state index contributed by atoms with van der Waals surface area (Å²) in [7, 11) is 0. The number of benzene rings is 1. The monoisotopic (exact) mass is 243 g/mol. The Morgan fingerprint density at radius 3 is 2.44 bits per heavy atom. The molecule has 0 aliphatic carbocycles. The second-order valence-electron chi connectivity index (χ2n) is 4.07. The summed E-state index contributed by atoms with van der Waals surface area (Å²) >= 11 is 0. The lowest BCUT2D eigenvalue weighted by Gasteiger charge is -2.27. The van der Waals surface area contributed by atoms with E-state index in [1.807, 2.05) is 13.8 Å². The molecule has 0 aromatic heterocycles. The predicted octanol–water partition coefficient (Wildman–Crippen LogP) is 2.09. The molecule has 1 aliphatic heterocycles. The normalized spacial score (nSPS) is 20.2. The molecule has 2 N–H and O–H groups in total. The summed E-state index contributed by atoms with van der Waals surface area (Å²) in [4.78, 5) is 0. The van der Waals surface area contributed by atoms with E-state index in [0.717, 1.165) is 24.3 Å². The van der Waals surface area contributed by atoms with E-state index >= 15 is 0 Å². The molecular weight excluding hydrogens is 226 g/mol. The zero-order valence-corrected chi connectivity index (χ0v) is 10.4. The quantitative estimate of drug-likeness (QED) is 0.794. The molecule has 90 valence electrons. The van der Waals surface area contributed by atoms with E-state index in [-0.39, 0.29) is 18.4 Å². The zero-order chi connectivity index (χ0) is 10.8. The Morgan fingerprint density at radius 2 is 1.94 bits per heavy atom. The summed E-state index contributed by atoms with van der Waals surface area (Å²) in [5.74, 6) is 0.338. The first-order valence-electron chi connectivity index (χ1n) is 5.29. The van der Waals surface area contributed by atoms with E-state index in [2.05, 4.69) is 5.32 Å². The molecule has 1 aromatic carbocycles. The van der Waals surface area contributed by atoms with Crippen LogP contribution in [0.5, 0.6) is 5.75 Å². The number of nitrogens with one attached hydrogen (secondary N) is 1. The molecule has 2 rings (SSSR count). The molecule has 1 heterocycles. The standard InChI is InChI=1S/C12H17NO2.ClH/c1-8-5-10(14)6-9(2)12(8)11-7-15-4-3-13-11;/h5-6,11,13-14H,3-4,7H2,1-2H3;1H/t11-;/m1./s1. The molecule has 1 aromatic rings. The highest BCUT2D eigenvalue weighted by atomic mass is 35.5. The highest BCUT2D eigenvalue weighted by molar-refractivity contribution is 5.85. The number of phenols is 1. The van der Waals surface area contributed by atoms with Gasteiger partial charge in [0.2, 0.25) is 0 Å². The van der Waals surface area contributed by atoms with Crippen molar-refractivity contribution in [1.29, 1.82) is 0 Å². The van der Waals surface area contributed by atoms with Crippen molar-refractivity contribution in [1.82, 2.24) is 5.32 Å². The van der Waals surface area contributed by atoms with Gasteiger partial charge in [0.05, 0.1) is 19.3 Å². The molecule has 0 spiro atoms. The zero-order valence-electron chi connectivity index (χ0n) is 9.62. The Balaban J connectivity index is 0.00000128. The summed E-state index contributed by atoms with van der Waals surface area (Å²) in [5.41, 5.74) is 3.50. The molecule has 0 radical (unpaired) electrons. The topological polar surface area (TPSA) is 41.5 Å².